The van der Waals surface area contributed by atoms with Gasteiger partial charge in [-0.15, -0.1) is 0 Å². The Kier molecular flexibility index (Phi) is 3.51. The van der Waals surface area contributed by atoms with E-state index in [9.17, 15) is 0 Å². The predicted molar refractivity (Wildman–Crippen MR) is 78.7 cm³/mol. The Balaban J connectivity index is 1.87. The summed E-state index contributed by atoms with van der Waals surface area (Å²) in [6.45, 7) is 0. The summed E-state index contributed by atoms with van der Waals surface area (Å²) in [5.41, 5.74) is 2.33. The molecule has 1 N–H and O–H groups in total. The van der Waals surface area contributed by atoms with Crippen molar-refractivity contribution in [2.24, 2.45) is 0 Å². The molecule has 0 bridgehead atoms. The van der Waals surface area contributed by atoms with Crippen LogP contribution < -0.4 is 10.1 Å². The fourth-order valence-corrected chi connectivity index (χ4v) is 2.93. The zero-order chi connectivity index (χ0) is 13.2. The van der Waals surface area contributed by atoms with Crippen molar-refractivity contribution >= 4 is 21.6 Å². The summed E-state index contributed by atoms with van der Waals surface area (Å²) < 4.78 is 11.8. The highest BCUT2D eigenvalue weighted by Crippen LogP contribution is 2.36. The van der Waals surface area contributed by atoms with Crippen molar-refractivity contribution in [3.63, 3.8) is 0 Å². The Morgan fingerprint density at radius 1 is 1.37 bits per heavy atom. The van der Waals surface area contributed by atoms with Crippen molar-refractivity contribution in [1.29, 1.82) is 0 Å². The molecule has 1 heterocycles. The van der Waals surface area contributed by atoms with E-state index in [0.29, 0.717) is 6.04 Å². The molecule has 1 atom stereocenters. The van der Waals surface area contributed by atoms with Crippen molar-refractivity contribution in [2.75, 3.05) is 12.4 Å². The molecule has 1 unspecified atom stereocenters. The zero-order valence-electron chi connectivity index (χ0n) is 10.8. The van der Waals surface area contributed by atoms with Crippen LogP contribution in [0.1, 0.15) is 30.2 Å². The van der Waals surface area contributed by atoms with E-state index in [4.69, 9.17) is 9.15 Å². The van der Waals surface area contributed by atoms with Crippen molar-refractivity contribution in [1.82, 2.24) is 0 Å². The molecule has 4 heteroatoms. The number of anilines is 1. The van der Waals surface area contributed by atoms with Gasteiger partial charge in [0.2, 0.25) is 0 Å². The van der Waals surface area contributed by atoms with Crippen molar-refractivity contribution in [3.8, 4) is 5.75 Å². The molecule has 3 nitrogen and oxygen atoms in total. The highest BCUT2D eigenvalue weighted by molar-refractivity contribution is 9.10. The Morgan fingerprint density at radius 2 is 2.26 bits per heavy atom. The second-order valence-electron chi connectivity index (χ2n) is 4.73. The maximum atomic E-state index is 5.52. The van der Waals surface area contributed by atoms with Gasteiger partial charge in [-0.05, 0) is 47.0 Å². The second kappa shape index (κ2) is 5.29. The number of halogens is 1. The highest BCUT2D eigenvalue weighted by atomic mass is 79.9. The van der Waals surface area contributed by atoms with Gasteiger partial charge in [-0.3, -0.25) is 0 Å². The van der Waals surface area contributed by atoms with Crippen LogP contribution in [0.15, 0.2) is 39.4 Å². The number of furan rings is 1. The minimum atomic E-state index is 0.311. The van der Waals surface area contributed by atoms with Crippen LogP contribution in [0.25, 0.3) is 0 Å². The lowest BCUT2D eigenvalue weighted by Crippen LogP contribution is -2.16. The molecule has 100 valence electrons. The summed E-state index contributed by atoms with van der Waals surface area (Å²) >= 11 is 3.58. The first kappa shape index (κ1) is 12.6. The Bertz CT molecular complexity index is 579. The third-order valence-electron chi connectivity index (χ3n) is 3.56. The van der Waals surface area contributed by atoms with Crippen LogP contribution in [0.4, 0.5) is 5.69 Å². The van der Waals surface area contributed by atoms with E-state index < -0.39 is 0 Å². The van der Waals surface area contributed by atoms with E-state index in [0.717, 1.165) is 40.9 Å². The van der Waals surface area contributed by atoms with Crippen molar-refractivity contribution < 1.29 is 9.15 Å². The van der Waals surface area contributed by atoms with Gasteiger partial charge < -0.3 is 14.5 Å². The van der Waals surface area contributed by atoms with Crippen LogP contribution in [-0.4, -0.2) is 7.11 Å². The highest BCUT2D eigenvalue weighted by Gasteiger charge is 2.23. The molecule has 1 aromatic carbocycles. The summed E-state index contributed by atoms with van der Waals surface area (Å²) in [6, 6.07) is 8.34. The Hall–Kier alpha value is -1.42. The second-order valence-corrected chi connectivity index (χ2v) is 5.59. The van der Waals surface area contributed by atoms with Crippen LogP contribution >= 0.6 is 15.9 Å². The maximum Gasteiger partial charge on any atom is 0.121 e. The number of nitrogens with one attached hydrogen (secondary N) is 1. The molecule has 0 saturated carbocycles. The van der Waals surface area contributed by atoms with Crippen molar-refractivity contribution in [2.45, 2.75) is 25.3 Å². The minimum Gasteiger partial charge on any atom is -0.497 e. The lowest BCUT2D eigenvalue weighted by Gasteiger charge is -2.24. The van der Waals surface area contributed by atoms with Gasteiger partial charge in [0.1, 0.15) is 11.5 Å². The lowest BCUT2D eigenvalue weighted by molar-refractivity contribution is 0.415. The van der Waals surface area contributed by atoms with E-state index in [1.54, 1.807) is 13.4 Å². The molecule has 1 aliphatic rings. The smallest absolute Gasteiger partial charge is 0.121 e. The van der Waals surface area contributed by atoms with E-state index in [1.807, 2.05) is 18.2 Å². The first-order chi connectivity index (χ1) is 9.28. The van der Waals surface area contributed by atoms with Gasteiger partial charge in [0.05, 0.1) is 25.1 Å². The van der Waals surface area contributed by atoms with Gasteiger partial charge in [0, 0.05) is 22.5 Å². The fourth-order valence-electron chi connectivity index (χ4n) is 2.57. The average Bonchev–Trinajstić information content (AvgIpc) is 2.90. The molecule has 3 rings (SSSR count). The summed E-state index contributed by atoms with van der Waals surface area (Å²) in [5, 5.41) is 3.58. The zero-order valence-corrected chi connectivity index (χ0v) is 12.4. The standard InChI is InChI=1S/C15H16BrNO2/c1-18-10-5-6-12(16)14(9-10)17-13-3-2-4-15-11(13)7-8-19-15/h5-9,13,17H,2-4H2,1H3. The third kappa shape index (κ3) is 2.50. The average molecular weight is 322 g/mol. The van der Waals surface area contributed by atoms with Gasteiger partial charge >= 0.3 is 0 Å². The number of methoxy groups -OCH3 is 1. The predicted octanol–water partition coefficient (Wildman–Crippen LogP) is 4.54. The van der Waals surface area contributed by atoms with E-state index in [-0.39, 0.29) is 0 Å². The Morgan fingerprint density at radius 3 is 3.11 bits per heavy atom. The van der Waals surface area contributed by atoms with Gasteiger partial charge in [0.15, 0.2) is 0 Å². The van der Waals surface area contributed by atoms with Gasteiger partial charge in [0.25, 0.3) is 0 Å². The van der Waals surface area contributed by atoms with Crippen LogP contribution in [0.5, 0.6) is 5.75 Å². The van der Waals surface area contributed by atoms with Crippen LogP contribution in [-0.2, 0) is 6.42 Å². The molecule has 0 radical (unpaired) electrons. The monoisotopic (exact) mass is 321 g/mol. The van der Waals surface area contributed by atoms with Gasteiger partial charge in [-0.25, -0.2) is 0 Å². The lowest BCUT2D eigenvalue weighted by atomic mass is 9.93. The molecule has 1 aliphatic carbocycles. The topological polar surface area (TPSA) is 34.4 Å². The SMILES string of the molecule is COc1ccc(Br)c(NC2CCCc3occc32)c1. The van der Waals surface area contributed by atoms with Crippen LogP contribution in [0.3, 0.4) is 0 Å². The first-order valence-corrected chi connectivity index (χ1v) is 7.23. The normalized spacial score (nSPS) is 17.9. The first-order valence-electron chi connectivity index (χ1n) is 6.44. The number of ether oxygens (including phenoxy) is 1. The maximum absolute atomic E-state index is 5.52. The Labute approximate surface area is 121 Å². The van der Waals surface area contributed by atoms with E-state index in [1.165, 1.54) is 5.56 Å². The fraction of sp³-hybridized carbons (Fsp3) is 0.333. The van der Waals surface area contributed by atoms with Gasteiger partial charge in [-0.1, -0.05) is 0 Å². The molecular formula is C15H16BrNO2. The molecule has 0 fully saturated rings. The van der Waals surface area contributed by atoms with E-state index in [2.05, 4.69) is 27.3 Å². The molecule has 0 aliphatic heterocycles. The number of fused-ring (bicyclic) bond motifs is 1. The molecule has 0 spiro atoms. The number of aryl methyl sites for hydroxylation is 1. The van der Waals surface area contributed by atoms with Gasteiger partial charge in [-0.2, -0.15) is 0 Å². The third-order valence-corrected chi connectivity index (χ3v) is 4.25. The molecule has 0 saturated heterocycles. The molecule has 19 heavy (non-hydrogen) atoms. The minimum absolute atomic E-state index is 0.311. The van der Waals surface area contributed by atoms with E-state index >= 15 is 0 Å². The number of hydrogen-bond donors (Lipinski definition) is 1. The van der Waals surface area contributed by atoms with Crippen LogP contribution in [0, 0.1) is 0 Å². The largest absolute Gasteiger partial charge is 0.497 e. The summed E-state index contributed by atoms with van der Waals surface area (Å²) in [5.74, 6) is 1.97. The molecule has 1 aromatic heterocycles. The molecule has 2 aromatic rings. The molecular weight excluding hydrogens is 306 g/mol. The quantitative estimate of drug-likeness (QED) is 0.901. The summed E-state index contributed by atoms with van der Waals surface area (Å²) in [6.07, 6.45) is 5.10. The summed E-state index contributed by atoms with van der Waals surface area (Å²) in [4.78, 5) is 0. The molecule has 0 amide bonds. The van der Waals surface area contributed by atoms with Crippen LogP contribution in [0.2, 0.25) is 0 Å². The number of benzene rings is 1. The summed E-state index contributed by atoms with van der Waals surface area (Å²) in [7, 11) is 1.68. The number of rotatable bonds is 3. The number of hydrogen-bond acceptors (Lipinski definition) is 3. The van der Waals surface area contributed by atoms with Crippen molar-refractivity contribution in [3.05, 3.63) is 46.3 Å².